The zero-order chi connectivity index (χ0) is 40.7. The van der Waals surface area contributed by atoms with E-state index in [1.807, 2.05) is 107 Å². The van der Waals surface area contributed by atoms with Crippen LogP contribution in [0.2, 0.25) is 0 Å². The molecule has 10 rings (SSSR count). The van der Waals surface area contributed by atoms with E-state index in [2.05, 4.69) is 79.0 Å². The van der Waals surface area contributed by atoms with E-state index in [-0.39, 0.29) is 42.1 Å². The second-order valence-corrected chi connectivity index (χ2v) is 14.1. The summed E-state index contributed by atoms with van der Waals surface area (Å²) in [4.78, 5) is 27.0. The molecule has 14 heteroatoms. The zero-order valence-corrected chi connectivity index (χ0v) is 38.0. The number of aromatic nitrogens is 10. The fourth-order valence-corrected chi connectivity index (χ4v) is 7.14. The topological polar surface area (TPSA) is 113 Å². The molecule has 0 radical (unpaired) electrons. The van der Waals surface area contributed by atoms with Gasteiger partial charge in [0.2, 0.25) is 0 Å². The SMILES string of the molecule is Cc1cc(-n2[c-][n+](-c3[c-]c(Oc4[c-]c(-c5[c-]c(Oc6[c-]c(-[n+]7[c-]n(-c8cc(C)nc(C)c8)c8ccccc87)cnc6)ccn5)ncc4)cnc3)c3ccccc32)cc(C)n1.[Pt].[Pt]. The molecule has 8 heterocycles. The molecular weight excluding hydrogens is 1140 g/mol. The zero-order valence-electron chi connectivity index (χ0n) is 33.5. The van der Waals surface area contributed by atoms with Crippen molar-refractivity contribution >= 4 is 22.1 Å². The number of aryl methyl sites for hydroxylation is 4. The van der Waals surface area contributed by atoms with Crippen LogP contribution in [0.3, 0.4) is 0 Å². The third-order valence-electron chi connectivity index (χ3n) is 9.54. The summed E-state index contributed by atoms with van der Waals surface area (Å²) in [5, 5.41) is 0. The van der Waals surface area contributed by atoms with Crippen LogP contribution in [0, 0.1) is 64.6 Å². The maximum Gasteiger partial charge on any atom is 0.268 e. The van der Waals surface area contributed by atoms with E-state index >= 15 is 0 Å². The quantitative estimate of drug-likeness (QED) is 0.107. The largest absolute Gasteiger partial charge is 0.509 e. The summed E-state index contributed by atoms with van der Waals surface area (Å²) in [6.45, 7) is 7.93. The number of hydrogen-bond donors (Lipinski definition) is 0. The molecule has 0 amide bonds. The van der Waals surface area contributed by atoms with Crippen LogP contribution in [-0.2, 0) is 42.1 Å². The van der Waals surface area contributed by atoms with E-state index in [1.54, 1.807) is 49.3 Å². The van der Waals surface area contributed by atoms with Crippen molar-refractivity contribution in [1.82, 2.24) is 39.0 Å². The molecular formula is C48H32N10O2Pt2-4. The van der Waals surface area contributed by atoms with Gasteiger partial charge in [-0.3, -0.25) is 19.1 Å². The predicted molar refractivity (Wildman–Crippen MR) is 220 cm³/mol. The Hall–Kier alpha value is -6.74. The first-order chi connectivity index (χ1) is 29.3. The number of ether oxygens (including phenoxy) is 2. The molecule has 8 aromatic heterocycles. The molecule has 0 aliphatic carbocycles. The van der Waals surface area contributed by atoms with Crippen molar-refractivity contribution in [2.24, 2.45) is 0 Å². The van der Waals surface area contributed by atoms with Crippen LogP contribution in [0.15, 0.2) is 122 Å². The molecule has 0 aliphatic heterocycles. The van der Waals surface area contributed by atoms with Crippen molar-refractivity contribution in [2.75, 3.05) is 0 Å². The molecule has 62 heavy (non-hydrogen) atoms. The summed E-state index contributed by atoms with van der Waals surface area (Å²) >= 11 is 0. The van der Waals surface area contributed by atoms with Gasteiger partial charge >= 0.3 is 0 Å². The second kappa shape index (κ2) is 17.7. The van der Waals surface area contributed by atoms with Gasteiger partial charge in [-0.05, 0) is 88.1 Å². The van der Waals surface area contributed by atoms with E-state index < -0.39 is 0 Å². The van der Waals surface area contributed by atoms with Gasteiger partial charge in [-0.2, -0.15) is 12.1 Å². The standard InChI is InChI=1S/C48H32N10O2.2Pt/c1-31-17-35(18-32(2)53-31)55-29-57(47-11-7-5-9-45(47)55)37-21-41(27-49-25-37)59-39-13-15-51-43(23-39)44-24-40(14-16-52-44)60-42-22-38(26-50-28-42)58-30-56(46-10-6-8-12-48(46)58)36-19-33(3)54-34(4)20-36;;/h5-20,25-28H,1-4H3;;/q-4;;. The van der Waals surface area contributed by atoms with Gasteiger partial charge < -0.3 is 38.5 Å². The first kappa shape index (κ1) is 42.0. The average Bonchev–Trinajstić information content (AvgIpc) is 3.84. The minimum absolute atomic E-state index is 0. The van der Waals surface area contributed by atoms with Crippen molar-refractivity contribution < 1.29 is 60.7 Å². The maximum absolute atomic E-state index is 6.24. The molecule has 0 fully saturated rings. The minimum Gasteiger partial charge on any atom is -0.509 e. The fourth-order valence-electron chi connectivity index (χ4n) is 7.14. The summed E-state index contributed by atoms with van der Waals surface area (Å²) in [7, 11) is 0. The number of imidazole rings is 2. The molecule has 0 saturated carbocycles. The number of nitrogens with zero attached hydrogens (tertiary/aromatic N) is 10. The minimum atomic E-state index is 0. The van der Waals surface area contributed by atoms with Crippen LogP contribution in [0.5, 0.6) is 23.0 Å². The Kier molecular flexibility index (Phi) is 12.0. The van der Waals surface area contributed by atoms with Gasteiger partial charge in [-0.25, -0.2) is 0 Å². The summed E-state index contributed by atoms with van der Waals surface area (Å²) in [6.07, 6.45) is 16.8. The average molecular weight is 1170 g/mol. The summed E-state index contributed by atoms with van der Waals surface area (Å²) in [5.41, 5.74) is 11.5. The number of benzene rings is 2. The molecule has 0 saturated heterocycles. The van der Waals surface area contributed by atoms with Gasteiger partial charge in [0.15, 0.2) is 0 Å². The van der Waals surface area contributed by atoms with E-state index in [0.29, 0.717) is 45.8 Å². The molecule has 0 aliphatic rings. The van der Waals surface area contributed by atoms with E-state index in [1.165, 1.54) is 0 Å². The number of rotatable bonds is 9. The van der Waals surface area contributed by atoms with Gasteiger partial charge in [-0.1, -0.05) is 60.9 Å². The first-order valence-electron chi connectivity index (χ1n) is 19.0. The Labute approximate surface area is 386 Å². The first-order valence-corrected chi connectivity index (χ1v) is 19.0. The summed E-state index contributed by atoms with van der Waals surface area (Å²) in [5.74, 6) is 1.56. The van der Waals surface area contributed by atoms with E-state index in [0.717, 1.165) is 56.2 Å². The van der Waals surface area contributed by atoms with Gasteiger partial charge in [0.25, 0.3) is 12.7 Å². The van der Waals surface area contributed by atoms with E-state index in [4.69, 9.17) is 9.47 Å². The molecule has 0 unspecified atom stereocenters. The molecule has 0 atom stereocenters. The predicted octanol–water partition coefficient (Wildman–Crippen LogP) is 7.78. The van der Waals surface area contributed by atoms with Crippen LogP contribution < -0.4 is 18.6 Å². The Morgan fingerprint density at radius 2 is 0.887 bits per heavy atom. The van der Waals surface area contributed by atoms with E-state index in [9.17, 15) is 0 Å². The van der Waals surface area contributed by atoms with Crippen molar-refractivity contribution in [2.45, 2.75) is 27.7 Å². The third kappa shape index (κ3) is 8.44. The molecule has 0 N–H and O–H groups in total. The molecule has 12 nitrogen and oxygen atoms in total. The normalized spacial score (nSPS) is 11.0. The molecule has 310 valence electrons. The van der Waals surface area contributed by atoms with Gasteiger partial charge in [0.1, 0.15) is 0 Å². The van der Waals surface area contributed by atoms with Gasteiger partial charge in [0, 0.05) is 87.9 Å². The Morgan fingerprint density at radius 1 is 0.484 bits per heavy atom. The monoisotopic (exact) mass is 1170 g/mol. The Bertz CT molecular complexity index is 3000. The van der Waals surface area contributed by atoms with Crippen molar-refractivity contribution in [3.8, 4) is 57.1 Å². The van der Waals surface area contributed by atoms with Crippen LogP contribution in [-0.4, -0.2) is 39.0 Å². The third-order valence-corrected chi connectivity index (χ3v) is 9.54. The Morgan fingerprint density at radius 3 is 1.31 bits per heavy atom. The van der Waals surface area contributed by atoms with Crippen molar-refractivity contribution in [3.05, 3.63) is 182 Å². The Balaban J connectivity index is 0.00000264. The van der Waals surface area contributed by atoms with Gasteiger partial charge in [-0.15, -0.1) is 35.7 Å². The van der Waals surface area contributed by atoms with Crippen molar-refractivity contribution in [3.63, 3.8) is 0 Å². The van der Waals surface area contributed by atoms with Crippen LogP contribution in [0.4, 0.5) is 0 Å². The molecule has 0 spiro atoms. The summed E-state index contributed by atoms with van der Waals surface area (Å²) < 4.78 is 20.3. The smallest absolute Gasteiger partial charge is 0.268 e. The molecule has 2 aromatic carbocycles. The fraction of sp³-hybridized carbons (Fsp3) is 0.0833. The second-order valence-electron chi connectivity index (χ2n) is 14.1. The number of hydrogen-bond acceptors (Lipinski definition) is 8. The van der Waals surface area contributed by atoms with Crippen LogP contribution in [0.25, 0.3) is 56.2 Å². The number of pyridine rings is 6. The molecule has 0 bridgehead atoms. The number of para-hydroxylation sites is 4. The van der Waals surface area contributed by atoms with Crippen molar-refractivity contribution in [1.29, 1.82) is 0 Å². The summed E-state index contributed by atoms with van der Waals surface area (Å²) in [6, 6.07) is 40.8. The number of fused-ring (bicyclic) bond motifs is 2. The van der Waals surface area contributed by atoms with Crippen LogP contribution in [0.1, 0.15) is 22.8 Å². The molecule has 10 aromatic rings. The van der Waals surface area contributed by atoms with Gasteiger partial charge in [0.05, 0.1) is 33.4 Å². The maximum atomic E-state index is 6.24. The van der Waals surface area contributed by atoms with Crippen LogP contribution >= 0.6 is 0 Å².